The Morgan fingerprint density at radius 3 is 1.16 bits per heavy atom. The number of hydrogen-bond acceptors (Lipinski definition) is 1. The van der Waals surface area contributed by atoms with E-state index in [1.165, 1.54) is 98.6 Å². The Labute approximate surface area is 395 Å². The smallest absolute Gasteiger partial charge is 0.0541 e. The molecular weight excluding hydrogens is 821 g/mol. The van der Waals surface area contributed by atoms with E-state index in [1.807, 2.05) is 0 Å². The zero-order valence-corrected chi connectivity index (χ0v) is 37.3. The molecule has 2 heteroatoms. The Bertz CT molecular complexity index is 3920. The van der Waals surface area contributed by atoms with E-state index in [4.69, 9.17) is 0 Å². The molecule has 0 N–H and O–H groups in total. The van der Waals surface area contributed by atoms with Gasteiger partial charge in [0.2, 0.25) is 0 Å². The minimum Gasteiger partial charge on any atom is -0.311 e. The van der Waals surface area contributed by atoms with E-state index in [-0.39, 0.29) is 0 Å². The molecule has 0 bridgehead atoms. The third kappa shape index (κ3) is 6.73. The Morgan fingerprint density at radius 1 is 0.235 bits per heavy atom. The van der Waals surface area contributed by atoms with Crippen LogP contribution >= 0.6 is 0 Å². The van der Waals surface area contributed by atoms with Crippen molar-refractivity contribution in [2.45, 2.75) is 0 Å². The molecule has 0 saturated heterocycles. The van der Waals surface area contributed by atoms with Crippen molar-refractivity contribution in [1.82, 2.24) is 4.57 Å². The highest BCUT2D eigenvalue weighted by molar-refractivity contribution is 6.14. The van der Waals surface area contributed by atoms with Crippen LogP contribution in [0.25, 0.3) is 104 Å². The van der Waals surface area contributed by atoms with Gasteiger partial charge in [0.15, 0.2) is 0 Å². The fourth-order valence-electron chi connectivity index (χ4n) is 10.5. The second-order valence-electron chi connectivity index (χ2n) is 17.7. The van der Waals surface area contributed by atoms with Crippen LogP contribution in [0, 0.1) is 0 Å². The van der Waals surface area contributed by atoms with Gasteiger partial charge in [-0.15, -0.1) is 0 Å². The van der Waals surface area contributed by atoms with Crippen molar-refractivity contribution in [1.29, 1.82) is 0 Å². The zero-order valence-electron chi connectivity index (χ0n) is 37.3. The summed E-state index contributed by atoms with van der Waals surface area (Å²) >= 11 is 0. The van der Waals surface area contributed by atoms with Crippen molar-refractivity contribution in [3.05, 3.63) is 267 Å². The van der Waals surface area contributed by atoms with Gasteiger partial charge in [0, 0.05) is 33.5 Å². The first-order valence-corrected chi connectivity index (χ1v) is 23.4. The molecule has 1 aromatic heterocycles. The highest BCUT2D eigenvalue weighted by Crippen LogP contribution is 2.41. The maximum Gasteiger partial charge on any atom is 0.0541 e. The topological polar surface area (TPSA) is 8.17 Å². The molecule has 2 nitrogen and oxygen atoms in total. The number of benzene rings is 12. The third-order valence-electron chi connectivity index (χ3n) is 13.8. The van der Waals surface area contributed by atoms with Crippen molar-refractivity contribution in [2.75, 3.05) is 4.90 Å². The molecule has 12 aromatic carbocycles. The Balaban J connectivity index is 0.874. The summed E-state index contributed by atoms with van der Waals surface area (Å²) < 4.78 is 2.38. The fourth-order valence-corrected chi connectivity index (χ4v) is 10.5. The number of fused-ring (bicyclic) bond motifs is 7. The molecule has 0 amide bonds. The molecular formula is C66H44N2. The fraction of sp³-hybridized carbons (Fsp3) is 0. The number of para-hydroxylation sites is 2. The number of anilines is 3. The second-order valence-corrected chi connectivity index (χ2v) is 17.7. The molecule has 1 heterocycles. The van der Waals surface area contributed by atoms with Crippen LogP contribution in [-0.2, 0) is 0 Å². The van der Waals surface area contributed by atoms with Gasteiger partial charge in [0.1, 0.15) is 0 Å². The van der Waals surface area contributed by atoms with E-state index in [1.54, 1.807) is 0 Å². The van der Waals surface area contributed by atoms with Crippen molar-refractivity contribution in [3.8, 4) is 50.2 Å². The highest BCUT2D eigenvalue weighted by Gasteiger charge is 2.17. The molecule has 0 fully saturated rings. The quantitative estimate of drug-likeness (QED) is 0.138. The minimum atomic E-state index is 1.08. The Kier molecular flexibility index (Phi) is 9.54. The lowest BCUT2D eigenvalue weighted by atomic mass is 9.92. The lowest BCUT2D eigenvalue weighted by Crippen LogP contribution is -2.10. The summed E-state index contributed by atoms with van der Waals surface area (Å²) in [5.74, 6) is 0. The van der Waals surface area contributed by atoms with Gasteiger partial charge in [-0.25, -0.2) is 0 Å². The average Bonchev–Trinajstić information content (AvgIpc) is 3.76. The van der Waals surface area contributed by atoms with Crippen LogP contribution in [0.15, 0.2) is 267 Å². The van der Waals surface area contributed by atoms with E-state index in [2.05, 4.69) is 276 Å². The molecule has 0 aliphatic rings. The van der Waals surface area contributed by atoms with Gasteiger partial charge in [0.05, 0.1) is 11.0 Å². The van der Waals surface area contributed by atoms with Gasteiger partial charge >= 0.3 is 0 Å². The first-order valence-electron chi connectivity index (χ1n) is 23.4. The summed E-state index contributed by atoms with van der Waals surface area (Å²) in [7, 11) is 0. The van der Waals surface area contributed by atoms with Crippen molar-refractivity contribution in [2.24, 2.45) is 0 Å². The first kappa shape index (κ1) is 39.4. The largest absolute Gasteiger partial charge is 0.311 e. The summed E-state index contributed by atoms with van der Waals surface area (Å²) in [6.07, 6.45) is 0. The van der Waals surface area contributed by atoms with E-state index in [0.717, 1.165) is 22.7 Å². The molecule has 0 saturated carbocycles. The van der Waals surface area contributed by atoms with Gasteiger partial charge < -0.3 is 9.47 Å². The van der Waals surface area contributed by atoms with Gasteiger partial charge in [-0.3, -0.25) is 0 Å². The first-order chi connectivity index (χ1) is 33.7. The highest BCUT2D eigenvalue weighted by atomic mass is 15.1. The molecule has 318 valence electrons. The second kappa shape index (κ2) is 16.5. The monoisotopic (exact) mass is 864 g/mol. The zero-order chi connectivity index (χ0) is 45.0. The number of hydrogen-bond donors (Lipinski definition) is 0. The molecule has 68 heavy (non-hydrogen) atoms. The standard InChI is InChI=1S/C66H44N2/c1-2-14-47(15-3-1)56-42-43-57(60-20-7-6-19-59(56)60)48-32-36-52(37-33-48)67(53-38-40-54(41-39-53)68-65-24-12-10-22-62(65)63-23-11-13-25-66(63)68)51-34-30-46(31-35-51)45-26-28-49(29-27-45)64-44-50-16-4-5-17-55(50)58-18-8-9-21-61(58)64/h1-44H. The van der Waals surface area contributed by atoms with Crippen LogP contribution in [0.3, 0.4) is 0 Å². The lowest BCUT2D eigenvalue weighted by Gasteiger charge is -2.26. The predicted molar refractivity (Wildman–Crippen MR) is 290 cm³/mol. The van der Waals surface area contributed by atoms with Gasteiger partial charge in [0.25, 0.3) is 0 Å². The van der Waals surface area contributed by atoms with Gasteiger partial charge in [-0.05, 0) is 144 Å². The Hall–Kier alpha value is -8.98. The summed E-state index contributed by atoms with van der Waals surface area (Å²) in [6, 6.07) is 97.3. The SMILES string of the molecule is c1ccc(-c2ccc(-c3ccc(N(c4ccc(-c5ccc(-c6cc7ccccc7c7ccccc67)cc5)cc4)c4ccc(-n5c6ccccc6c6ccccc65)cc4)cc3)c3ccccc23)cc1. The lowest BCUT2D eigenvalue weighted by molar-refractivity contribution is 1.17. The number of rotatable bonds is 8. The predicted octanol–water partition coefficient (Wildman–Crippen LogP) is 18.4. The molecule has 0 unspecified atom stereocenters. The Morgan fingerprint density at radius 2 is 0.603 bits per heavy atom. The van der Waals surface area contributed by atoms with Crippen LogP contribution in [0.2, 0.25) is 0 Å². The minimum absolute atomic E-state index is 1.08. The van der Waals surface area contributed by atoms with Crippen LogP contribution in [0.5, 0.6) is 0 Å². The van der Waals surface area contributed by atoms with Gasteiger partial charge in [-0.2, -0.15) is 0 Å². The maximum absolute atomic E-state index is 2.38. The van der Waals surface area contributed by atoms with Crippen LogP contribution < -0.4 is 4.90 Å². The van der Waals surface area contributed by atoms with Crippen molar-refractivity contribution < 1.29 is 0 Å². The van der Waals surface area contributed by atoms with Gasteiger partial charge in [-0.1, -0.05) is 200 Å². The van der Waals surface area contributed by atoms with Crippen LogP contribution in [0.4, 0.5) is 17.1 Å². The molecule has 0 radical (unpaired) electrons. The average molecular weight is 865 g/mol. The van der Waals surface area contributed by atoms with E-state index in [9.17, 15) is 0 Å². The maximum atomic E-state index is 2.38. The molecule has 13 rings (SSSR count). The molecule has 0 aliphatic carbocycles. The van der Waals surface area contributed by atoms with E-state index < -0.39 is 0 Å². The third-order valence-corrected chi connectivity index (χ3v) is 13.8. The molecule has 0 atom stereocenters. The molecule has 0 spiro atoms. The number of aromatic nitrogens is 1. The normalized spacial score (nSPS) is 11.5. The van der Waals surface area contributed by atoms with Crippen molar-refractivity contribution in [3.63, 3.8) is 0 Å². The van der Waals surface area contributed by atoms with Crippen LogP contribution in [0.1, 0.15) is 0 Å². The van der Waals surface area contributed by atoms with Crippen LogP contribution in [-0.4, -0.2) is 4.57 Å². The summed E-state index contributed by atoms with van der Waals surface area (Å²) in [4.78, 5) is 2.37. The van der Waals surface area contributed by atoms with E-state index >= 15 is 0 Å². The summed E-state index contributed by atoms with van der Waals surface area (Å²) in [5.41, 5.74) is 16.5. The van der Waals surface area contributed by atoms with Crippen molar-refractivity contribution >= 4 is 71.2 Å². The van der Waals surface area contributed by atoms with E-state index in [0.29, 0.717) is 0 Å². The number of nitrogens with zero attached hydrogens (tertiary/aromatic N) is 2. The summed E-state index contributed by atoms with van der Waals surface area (Å²) in [6.45, 7) is 0. The molecule has 13 aromatic rings. The molecule has 0 aliphatic heterocycles. The summed E-state index contributed by atoms with van der Waals surface area (Å²) in [5, 5.41) is 10.1.